The van der Waals surface area contributed by atoms with E-state index in [1.165, 1.54) is 27.8 Å². The third kappa shape index (κ3) is 4.68. The number of tetrazole rings is 1. The monoisotopic (exact) mass is 527 g/mol. The summed E-state index contributed by atoms with van der Waals surface area (Å²) in [7, 11) is 0. The van der Waals surface area contributed by atoms with Gasteiger partial charge in [0.05, 0.1) is 6.54 Å². The smallest absolute Gasteiger partial charge is 0.205 e. The largest absolute Gasteiger partial charge is 0.308 e. The Balaban J connectivity index is 1.41. The van der Waals surface area contributed by atoms with E-state index in [4.69, 9.17) is 9.97 Å². The van der Waals surface area contributed by atoms with Gasteiger partial charge in [-0.2, -0.15) is 5.21 Å². The lowest BCUT2D eigenvalue weighted by molar-refractivity contribution is 0.745. The average molecular weight is 528 g/mol. The number of aromatic amines is 1. The Labute approximate surface area is 234 Å². The van der Waals surface area contributed by atoms with Crippen LogP contribution in [0, 0.1) is 13.8 Å². The number of nitrogens with one attached hydrogen (secondary N) is 1. The highest BCUT2D eigenvalue weighted by molar-refractivity contribution is 5.85. The zero-order valence-electron chi connectivity index (χ0n) is 23.6. The summed E-state index contributed by atoms with van der Waals surface area (Å²) in [5, 5.41) is 15.0. The van der Waals surface area contributed by atoms with Gasteiger partial charge >= 0.3 is 0 Å². The summed E-state index contributed by atoms with van der Waals surface area (Å²) >= 11 is 0. The van der Waals surface area contributed by atoms with Gasteiger partial charge in [-0.1, -0.05) is 75.4 Å². The number of hydrogen-bond acceptors (Lipinski definition) is 5. The van der Waals surface area contributed by atoms with Gasteiger partial charge in [-0.05, 0) is 82.1 Å². The van der Waals surface area contributed by atoms with Gasteiger partial charge in [0.2, 0.25) is 5.82 Å². The highest BCUT2D eigenvalue weighted by Gasteiger charge is 2.17. The van der Waals surface area contributed by atoms with E-state index in [-0.39, 0.29) is 0 Å². The molecule has 3 aromatic carbocycles. The molecule has 40 heavy (non-hydrogen) atoms. The normalized spacial score (nSPS) is 11.6. The zero-order chi connectivity index (χ0) is 27.8. The van der Waals surface area contributed by atoms with E-state index in [1.807, 2.05) is 6.92 Å². The maximum Gasteiger partial charge on any atom is 0.205 e. The topological polar surface area (TPSA) is 85.2 Å². The van der Waals surface area contributed by atoms with Crippen LogP contribution in [0.2, 0.25) is 0 Å². The van der Waals surface area contributed by atoms with Gasteiger partial charge in [0.25, 0.3) is 0 Å². The summed E-state index contributed by atoms with van der Waals surface area (Å²) in [6.07, 6.45) is 0.853. The first-order valence-corrected chi connectivity index (χ1v) is 13.8. The molecule has 0 amide bonds. The van der Waals surface area contributed by atoms with E-state index < -0.39 is 0 Å². The van der Waals surface area contributed by atoms with Gasteiger partial charge in [-0.25, -0.2) is 9.97 Å². The van der Waals surface area contributed by atoms with Crippen molar-refractivity contribution in [3.05, 3.63) is 101 Å². The van der Waals surface area contributed by atoms with Crippen LogP contribution in [0.5, 0.6) is 0 Å². The first-order chi connectivity index (χ1) is 19.4. The summed E-state index contributed by atoms with van der Waals surface area (Å²) in [6.45, 7) is 11.5. The van der Waals surface area contributed by atoms with E-state index in [9.17, 15) is 0 Å². The maximum atomic E-state index is 4.91. The average Bonchev–Trinajstić information content (AvgIpc) is 3.62. The van der Waals surface area contributed by atoms with Gasteiger partial charge in [-0.3, -0.25) is 0 Å². The van der Waals surface area contributed by atoms with E-state index >= 15 is 0 Å². The summed E-state index contributed by atoms with van der Waals surface area (Å²) in [6, 6.07) is 26.0. The molecule has 0 aliphatic rings. The molecule has 1 N–H and O–H groups in total. The molecular weight excluding hydrogens is 494 g/mol. The molecular formula is C33H33N7. The van der Waals surface area contributed by atoms with Crippen LogP contribution in [-0.4, -0.2) is 35.2 Å². The summed E-state index contributed by atoms with van der Waals surface area (Å²) in [5.74, 6) is 2.05. The Hall–Kier alpha value is -4.65. The second-order valence-electron chi connectivity index (χ2n) is 10.7. The fourth-order valence-electron chi connectivity index (χ4n) is 5.54. The SMILES string of the molecule is CCc1nc2c(C)cc(C)nc2n1Cc1ccc(-c2cc(-c3ccccc3C(C)C)ccc2-c2nn[nH]n2)cc1. The van der Waals surface area contributed by atoms with Gasteiger partial charge < -0.3 is 4.57 Å². The molecule has 0 aliphatic heterocycles. The van der Waals surface area contributed by atoms with Crippen LogP contribution in [-0.2, 0) is 13.0 Å². The molecule has 3 aromatic heterocycles. The summed E-state index contributed by atoms with van der Waals surface area (Å²) in [4.78, 5) is 9.75. The molecule has 0 radical (unpaired) electrons. The molecule has 0 saturated carbocycles. The maximum absolute atomic E-state index is 4.91. The minimum atomic E-state index is 0.421. The number of imidazole rings is 1. The first kappa shape index (κ1) is 25.6. The van der Waals surface area contributed by atoms with E-state index in [2.05, 4.69) is 126 Å². The van der Waals surface area contributed by atoms with Crippen molar-refractivity contribution in [2.24, 2.45) is 0 Å². The van der Waals surface area contributed by atoms with Crippen molar-refractivity contribution in [2.45, 2.75) is 53.5 Å². The van der Waals surface area contributed by atoms with Crippen LogP contribution in [0.25, 0.3) is 44.8 Å². The molecule has 0 saturated heterocycles. The zero-order valence-corrected chi connectivity index (χ0v) is 23.6. The molecule has 0 fully saturated rings. The van der Waals surface area contributed by atoms with Gasteiger partial charge in [0.15, 0.2) is 5.65 Å². The number of aryl methyl sites for hydroxylation is 3. The van der Waals surface area contributed by atoms with Crippen LogP contribution < -0.4 is 0 Å². The van der Waals surface area contributed by atoms with Crippen molar-refractivity contribution in [1.82, 2.24) is 35.2 Å². The van der Waals surface area contributed by atoms with E-state index in [1.54, 1.807) is 0 Å². The molecule has 6 aromatic rings. The van der Waals surface area contributed by atoms with Crippen molar-refractivity contribution < 1.29 is 0 Å². The number of pyridine rings is 1. The van der Waals surface area contributed by atoms with Crippen molar-refractivity contribution in [2.75, 3.05) is 0 Å². The van der Waals surface area contributed by atoms with Crippen LogP contribution in [0.3, 0.4) is 0 Å². The molecule has 0 spiro atoms. The van der Waals surface area contributed by atoms with Crippen LogP contribution >= 0.6 is 0 Å². The number of aromatic nitrogens is 7. The fraction of sp³-hybridized carbons (Fsp3) is 0.242. The highest BCUT2D eigenvalue weighted by atomic mass is 15.5. The molecule has 0 bridgehead atoms. The lowest BCUT2D eigenvalue weighted by Crippen LogP contribution is -2.05. The molecule has 6 rings (SSSR count). The molecule has 200 valence electrons. The van der Waals surface area contributed by atoms with Gasteiger partial charge in [0, 0.05) is 17.7 Å². The molecule has 7 nitrogen and oxygen atoms in total. The second-order valence-corrected chi connectivity index (χ2v) is 10.7. The van der Waals surface area contributed by atoms with Crippen LogP contribution in [0.1, 0.15) is 54.9 Å². The van der Waals surface area contributed by atoms with Crippen molar-refractivity contribution >= 4 is 11.2 Å². The number of fused-ring (bicyclic) bond motifs is 1. The van der Waals surface area contributed by atoms with Crippen LogP contribution in [0.15, 0.2) is 72.8 Å². The lowest BCUT2D eigenvalue weighted by atomic mass is 9.89. The van der Waals surface area contributed by atoms with Gasteiger partial charge in [-0.15, -0.1) is 10.2 Å². The van der Waals surface area contributed by atoms with Crippen molar-refractivity contribution in [3.63, 3.8) is 0 Å². The number of benzene rings is 3. The number of H-pyrrole nitrogens is 1. The molecule has 7 heteroatoms. The van der Waals surface area contributed by atoms with Crippen LogP contribution in [0.4, 0.5) is 0 Å². The van der Waals surface area contributed by atoms with E-state index in [0.29, 0.717) is 11.7 Å². The Morgan fingerprint density at radius 1 is 0.825 bits per heavy atom. The third-order valence-corrected chi connectivity index (χ3v) is 7.52. The molecule has 0 unspecified atom stereocenters. The summed E-state index contributed by atoms with van der Waals surface area (Å²) < 4.78 is 2.25. The van der Waals surface area contributed by atoms with Crippen molar-refractivity contribution in [3.8, 4) is 33.6 Å². The quantitative estimate of drug-likeness (QED) is 0.235. The Morgan fingerprint density at radius 2 is 1.60 bits per heavy atom. The Kier molecular flexibility index (Phi) is 6.72. The predicted molar refractivity (Wildman–Crippen MR) is 160 cm³/mol. The predicted octanol–water partition coefficient (Wildman–Crippen LogP) is 7.30. The number of hydrogen-bond donors (Lipinski definition) is 1. The van der Waals surface area contributed by atoms with Gasteiger partial charge in [0.1, 0.15) is 11.3 Å². The number of rotatable bonds is 7. The standard InChI is InChI=1S/C33H33N7/c1-6-30-35-31-21(4)17-22(5)34-33(31)40(30)19-23-11-13-24(14-12-23)29-18-25(15-16-28(29)32-36-38-39-37-32)27-10-8-7-9-26(27)20(2)3/h7-18,20H,6,19H2,1-5H3,(H,36,37,38,39). The minimum Gasteiger partial charge on any atom is -0.308 e. The van der Waals surface area contributed by atoms with E-state index in [0.717, 1.165) is 52.3 Å². The lowest BCUT2D eigenvalue weighted by Gasteiger charge is -2.16. The first-order valence-electron chi connectivity index (χ1n) is 13.8. The number of nitrogens with zero attached hydrogens (tertiary/aromatic N) is 6. The van der Waals surface area contributed by atoms with Crippen molar-refractivity contribution in [1.29, 1.82) is 0 Å². The third-order valence-electron chi connectivity index (χ3n) is 7.52. The minimum absolute atomic E-state index is 0.421. The highest BCUT2D eigenvalue weighted by Crippen LogP contribution is 2.37. The Morgan fingerprint density at radius 3 is 2.33 bits per heavy atom. The molecule has 3 heterocycles. The second kappa shape index (κ2) is 10.5. The molecule has 0 aliphatic carbocycles. The summed E-state index contributed by atoms with van der Waals surface area (Å²) in [5.41, 5.74) is 12.2. The fourth-order valence-corrected chi connectivity index (χ4v) is 5.54. The Bertz CT molecular complexity index is 1800. The molecule has 0 atom stereocenters.